The first kappa shape index (κ1) is 19.9. The van der Waals surface area contributed by atoms with Crippen molar-refractivity contribution in [1.82, 2.24) is 0 Å². The van der Waals surface area contributed by atoms with Crippen LogP contribution in [0.15, 0.2) is 0 Å². The van der Waals surface area contributed by atoms with Crippen LogP contribution in [0.2, 0.25) is 0 Å². The van der Waals surface area contributed by atoms with Crippen molar-refractivity contribution >= 4 is 17.7 Å². The van der Waals surface area contributed by atoms with Crippen molar-refractivity contribution in [2.75, 3.05) is 0 Å². The molecule has 0 aromatic rings. The summed E-state index contributed by atoms with van der Waals surface area (Å²) in [6, 6.07) is 0. The van der Waals surface area contributed by atoms with Gasteiger partial charge in [-0.1, -0.05) is 13.8 Å². The summed E-state index contributed by atoms with van der Waals surface area (Å²) in [6.07, 6.45) is 7.54. The molecule has 0 bridgehead atoms. The molecule has 0 spiro atoms. The second-order valence-electron chi connectivity index (χ2n) is 10.3. The molecule has 4 fully saturated rings. The fraction of sp³-hybridized carbons (Fsp3) is 0.870. The lowest BCUT2D eigenvalue weighted by molar-refractivity contribution is -0.160. The Morgan fingerprint density at radius 3 is 2.29 bits per heavy atom. The van der Waals surface area contributed by atoms with Gasteiger partial charge in [0.15, 0.2) is 11.9 Å². The smallest absolute Gasteiger partial charge is 0.303 e. The SMILES string of the molecule is CC(=O)OC1CC[C@@]2(C)C(CC[C@@H]3[C@@H]2CC[C@]2(C)C(=O)C(OC(C)=O)C[C@@H]32)C1. The van der Waals surface area contributed by atoms with Crippen LogP contribution in [0.1, 0.15) is 79.1 Å². The predicted molar refractivity (Wildman–Crippen MR) is 103 cm³/mol. The van der Waals surface area contributed by atoms with Gasteiger partial charge in [-0.05, 0) is 80.5 Å². The summed E-state index contributed by atoms with van der Waals surface area (Å²) in [4.78, 5) is 35.9. The van der Waals surface area contributed by atoms with Crippen LogP contribution >= 0.6 is 0 Å². The molecule has 0 aromatic carbocycles. The van der Waals surface area contributed by atoms with E-state index in [0.717, 1.165) is 44.9 Å². The maximum Gasteiger partial charge on any atom is 0.303 e. The molecule has 0 heterocycles. The zero-order chi connectivity index (χ0) is 20.3. The Hall–Kier alpha value is -1.39. The number of fused-ring (bicyclic) bond motifs is 5. The third-order valence-electron chi connectivity index (χ3n) is 8.97. The molecule has 156 valence electrons. The van der Waals surface area contributed by atoms with E-state index in [1.54, 1.807) is 0 Å². The summed E-state index contributed by atoms with van der Waals surface area (Å²) >= 11 is 0. The van der Waals surface area contributed by atoms with Crippen LogP contribution in [-0.4, -0.2) is 29.9 Å². The normalized spacial score (nSPS) is 47.5. The van der Waals surface area contributed by atoms with Crippen molar-refractivity contribution in [3.63, 3.8) is 0 Å². The lowest BCUT2D eigenvalue weighted by Gasteiger charge is -2.60. The molecular formula is C23H34O5. The van der Waals surface area contributed by atoms with Gasteiger partial charge in [-0.15, -0.1) is 0 Å². The summed E-state index contributed by atoms with van der Waals surface area (Å²) in [5.74, 6) is 1.70. The minimum atomic E-state index is -0.545. The van der Waals surface area contributed by atoms with Crippen LogP contribution in [0.5, 0.6) is 0 Å². The van der Waals surface area contributed by atoms with Crippen LogP contribution in [0.25, 0.3) is 0 Å². The molecule has 0 amide bonds. The second-order valence-corrected chi connectivity index (χ2v) is 10.3. The molecule has 0 radical (unpaired) electrons. The average Bonchev–Trinajstić information content (AvgIpc) is 2.86. The summed E-state index contributed by atoms with van der Waals surface area (Å²) in [5.41, 5.74) is -0.0666. The molecule has 0 aromatic heterocycles. The lowest BCUT2D eigenvalue weighted by atomic mass is 9.45. The van der Waals surface area contributed by atoms with E-state index in [0.29, 0.717) is 30.1 Å². The first-order valence-corrected chi connectivity index (χ1v) is 11.0. The standard InChI is InChI=1S/C23H34O5/c1-13(24)27-16-7-9-22(3)15(11-16)5-6-17-18(22)8-10-23(4)19(17)12-20(21(23)26)28-14(2)25/h15-20H,5-12H2,1-4H3/t15?,16?,17-,18+,19+,20?,22+,23+/m1/s1. The highest BCUT2D eigenvalue weighted by Gasteiger charge is 2.63. The Balaban J connectivity index is 1.54. The van der Waals surface area contributed by atoms with Crippen molar-refractivity contribution in [3.8, 4) is 0 Å². The van der Waals surface area contributed by atoms with Crippen LogP contribution in [0.3, 0.4) is 0 Å². The molecule has 4 aliphatic rings. The molecule has 0 saturated heterocycles. The largest absolute Gasteiger partial charge is 0.463 e. The number of esters is 2. The number of carbonyl (C=O) groups is 3. The van der Waals surface area contributed by atoms with E-state index in [-0.39, 0.29) is 34.7 Å². The molecule has 5 nitrogen and oxygen atoms in total. The second kappa shape index (κ2) is 6.84. The van der Waals surface area contributed by atoms with Crippen LogP contribution in [-0.2, 0) is 23.9 Å². The molecular weight excluding hydrogens is 356 g/mol. The Kier molecular flexibility index (Phi) is 4.86. The van der Waals surface area contributed by atoms with Crippen molar-refractivity contribution in [2.45, 2.75) is 91.3 Å². The molecule has 4 aliphatic carbocycles. The van der Waals surface area contributed by atoms with E-state index in [1.807, 2.05) is 0 Å². The van der Waals surface area contributed by atoms with Gasteiger partial charge < -0.3 is 9.47 Å². The van der Waals surface area contributed by atoms with Crippen LogP contribution < -0.4 is 0 Å². The predicted octanol–water partition coefficient (Wildman–Crippen LogP) is 4.07. The molecule has 0 N–H and O–H groups in total. The monoisotopic (exact) mass is 390 g/mol. The fourth-order valence-electron chi connectivity index (χ4n) is 7.63. The molecule has 4 rings (SSSR count). The molecule has 0 aliphatic heterocycles. The van der Waals surface area contributed by atoms with E-state index in [4.69, 9.17) is 9.47 Å². The Labute approximate surface area is 167 Å². The highest BCUT2D eigenvalue weighted by atomic mass is 16.5. The highest BCUT2D eigenvalue weighted by Crippen LogP contribution is 2.65. The zero-order valence-electron chi connectivity index (χ0n) is 17.7. The van der Waals surface area contributed by atoms with Gasteiger partial charge in [0.1, 0.15) is 6.10 Å². The average molecular weight is 391 g/mol. The summed E-state index contributed by atoms with van der Waals surface area (Å²) < 4.78 is 10.9. The van der Waals surface area contributed by atoms with Gasteiger partial charge in [-0.25, -0.2) is 0 Å². The van der Waals surface area contributed by atoms with E-state index < -0.39 is 6.10 Å². The van der Waals surface area contributed by atoms with E-state index in [2.05, 4.69) is 13.8 Å². The minimum Gasteiger partial charge on any atom is -0.463 e. The quantitative estimate of drug-likeness (QED) is 0.665. The third kappa shape index (κ3) is 3.00. The fourth-order valence-corrected chi connectivity index (χ4v) is 7.63. The van der Waals surface area contributed by atoms with E-state index in [1.165, 1.54) is 13.8 Å². The first-order chi connectivity index (χ1) is 13.1. The Bertz CT molecular complexity index is 686. The third-order valence-corrected chi connectivity index (χ3v) is 8.97. The highest BCUT2D eigenvalue weighted by molar-refractivity contribution is 5.92. The van der Waals surface area contributed by atoms with Gasteiger partial charge >= 0.3 is 11.9 Å². The topological polar surface area (TPSA) is 69.7 Å². The molecule has 4 saturated carbocycles. The number of carbonyl (C=O) groups excluding carboxylic acids is 3. The molecule has 5 heteroatoms. The van der Waals surface area contributed by atoms with Crippen molar-refractivity contribution in [1.29, 1.82) is 0 Å². The molecule has 3 unspecified atom stereocenters. The Morgan fingerprint density at radius 2 is 1.61 bits per heavy atom. The maximum absolute atomic E-state index is 13.1. The van der Waals surface area contributed by atoms with Gasteiger partial charge in [0.2, 0.25) is 0 Å². The lowest BCUT2D eigenvalue weighted by Crippen LogP contribution is -2.54. The minimum absolute atomic E-state index is 0.0717. The van der Waals surface area contributed by atoms with Crippen molar-refractivity contribution in [3.05, 3.63) is 0 Å². The summed E-state index contributed by atoms with van der Waals surface area (Å²) in [5, 5.41) is 0. The summed E-state index contributed by atoms with van der Waals surface area (Å²) in [7, 11) is 0. The zero-order valence-corrected chi connectivity index (χ0v) is 17.7. The summed E-state index contributed by atoms with van der Waals surface area (Å²) in [6.45, 7) is 7.46. The number of rotatable bonds is 2. The van der Waals surface area contributed by atoms with Gasteiger partial charge in [-0.2, -0.15) is 0 Å². The Morgan fingerprint density at radius 1 is 0.893 bits per heavy atom. The van der Waals surface area contributed by atoms with Crippen LogP contribution in [0, 0.1) is 34.5 Å². The molecule has 8 atom stereocenters. The number of hydrogen-bond donors (Lipinski definition) is 0. The van der Waals surface area contributed by atoms with E-state index in [9.17, 15) is 14.4 Å². The number of ether oxygens (including phenoxy) is 2. The van der Waals surface area contributed by atoms with Gasteiger partial charge in [0.05, 0.1) is 0 Å². The maximum atomic E-state index is 13.1. The van der Waals surface area contributed by atoms with Crippen molar-refractivity contribution < 1.29 is 23.9 Å². The van der Waals surface area contributed by atoms with Gasteiger partial charge in [-0.3, -0.25) is 14.4 Å². The number of ketones is 1. The first-order valence-electron chi connectivity index (χ1n) is 11.0. The van der Waals surface area contributed by atoms with Gasteiger partial charge in [0.25, 0.3) is 0 Å². The van der Waals surface area contributed by atoms with Crippen molar-refractivity contribution in [2.24, 2.45) is 34.5 Å². The number of Topliss-reactive ketones (excluding diaryl/α,β-unsaturated/α-hetero) is 1. The van der Waals surface area contributed by atoms with Crippen LogP contribution in [0.4, 0.5) is 0 Å². The molecule has 28 heavy (non-hydrogen) atoms. The van der Waals surface area contributed by atoms with Gasteiger partial charge in [0, 0.05) is 19.3 Å². The van der Waals surface area contributed by atoms with E-state index >= 15 is 0 Å². The number of hydrogen-bond acceptors (Lipinski definition) is 5.